The fourth-order valence-electron chi connectivity index (χ4n) is 7.13. The van der Waals surface area contributed by atoms with Gasteiger partial charge in [-0.3, -0.25) is 19.0 Å². The van der Waals surface area contributed by atoms with Gasteiger partial charge in [-0.25, -0.2) is 9.37 Å². The smallest absolute Gasteiger partial charge is 0.257 e. The van der Waals surface area contributed by atoms with Crippen LogP contribution in [0.15, 0.2) is 27.5 Å². The highest BCUT2D eigenvalue weighted by Gasteiger charge is 2.28. The number of aromatic nitrogens is 3. The Morgan fingerprint density at radius 1 is 1.07 bits per heavy atom. The second-order valence-corrected chi connectivity index (χ2v) is 12.9. The Morgan fingerprint density at radius 2 is 1.87 bits per heavy atom. The molecule has 3 aliphatic rings. The lowest BCUT2D eigenvalue weighted by atomic mass is 9.91. The maximum atomic E-state index is 13.6. The minimum atomic E-state index is -0.322. The number of rotatable bonds is 12. The summed E-state index contributed by atoms with van der Waals surface area (Å²) in [5.41, 5.74) is 3.03. The van der Waals surface area contributed by atoms with Gasteiger partial charge in [0.1, 0.15) is 17.7 Å². The van der Waals surface area contributed by atoms with E-state index in [2.05, 4.69) is 10.1 Å². The summed E-state index contributed by atoms with van der Waals surface area (Å²) in [6.45, 7) is 8.22. The van der Waals surface area contributed by atoms with E-state index in [4.69, 9.17) is 14.2 Å². The molecule has 2 amide bonds. The second kappa shape index (κ2) is 14.8. The van der Waals surface area contributed by atoms with Gasteiger partial charge >= 0.3 is 0 Å². The van der Waals surface area contributed by atoms with Crippen LogP contribution in [0.3, 0.4) is 0 Å². The molecular weight excluding hydrogens is 591 g/mol. The van der Waals surface area contributed by atoms with Crippen molar-refractivity contribution in [2.45, 2.75) is 83.3 Å². The normalized spacial score (nSPS) is 19.5. The van der Waals surface area contributed by atoms with Crippen LogP contribution in [0.2, 0.25) is 0 Å². The maximum absolute atomic E-state index is 13.6. The van der Waals surface area contributed by atoms with Gasteiger partial charge in [0.2, 0.25) is 12.3 Å². The van der Waals surface area contributed by atoms with Crippen LogP contribution in [-0.2, 0) is 27.3 Å². The predicted molar refractivity (Wildman–Crippen MR) is 170 cm³/mol. The zero-order valence-electron chi connectivity index (χ0n) is 26.8. The summed E-state index contributed by atoms with van der Waals surface area (Å²) in [4.78, 5) is 47.8. The van der Waals surface area contributed by atoms with Gasteiger partial charge in [-0.15, -0.1) is 0 Å². The zero-order chi connectivity index (χ0) is 32.0. The number of aryl methyl sites for hydroxylation is 1. The standard InChI is InChI=1S/C34H45FN6O5/c1-24-27(12-16-38-14-10-25(11-15-38)32-28-9-8-26(35)22-30(28)46-37-32)34(44)41-13-5-6-29(33(41)36-24)45-21-4-2-3-7-31(43)40-19-17-39(23-42)18-20-40/h8-9,22-23,25,29H,2-7,10-21H2,1H3. The van der Waals surface area contributed by atoms with Crippen LogP contribution in [-0.4, -0.2) is 94.1 Å². The average molecular weight is 637 g/mol. The number of likely N-dealkylation sites (tertiary alicyclic amines) is 1. The van der Waals surface area contributed by atoms with E-state index in [1.807, 2.05) is 16.4 Å². The van der Waals surface area contributed by atoms with Crippen molar-refractivity contribution in [3.63, 3.8) is 0 Å². The van der Waals surface area contributed by atoms with Crippen molar-refractivity contribution in [2.24, 2.45) is 0 Å². The van der Waals surface area contributed by atoms with Crippen molar-refractivity contribution < 1.29 is 23.2 Å². The van der Waals surface area contributed by atoms with E-state index in [1.165, 1.54) is 12.1 Å². The third-order valence-electron chi connectivity index (χ3n) is 9.92. The molecule has 0 N–H and O–H groups in total. The molecule has 46 heavy (non-hydrogen) atoms. The number of halogens is 1. The molecule has 248 valence electrons. The molecule has 0 aliphatic carbocycles. The Morgan fingerprint density at radius 3 is 2.65 bits per heavy atom. The maximum Gasteiger partial charge on any atom is 0.257 e. The molecule has 0 bridgehead atoms. The number of ether oxygens (including phenoxy) is 1. The predicted octanol–water partition coefficient (Wildman–Crippen LogP) is 3.97. The SMILES string of the molecule is Cc1nc2n(c(=O)c1CCN1CCC(c3noc4cc(F)ccc34)CC1)CCCC2OCCCCCC(=O)N1CCN(C=O)CC1. The van der Waals surface area contributed by atoms with Gasteiger partial charge in [0.25, 0.3) is 5.56 Å². The van der Waals surface area contributed by atoms with Gasteiger partial charge in [0, 0.05) is 80.9 Å². The second-order valence-electron chi connectivity index (χ2n) is 12.9. The lowest BCUT2D eigenvalue weighted by Gasteiger charge is -2.32. The van der Waals surface area contributed by atoms with Crippen molar-refractivity contribution in [3.05, 3.63) is 57.1 Å². The lowest BCUT2D eigenvalue weighted by Crippen LogP contribution is -2.48. The summed E-state index contributed by atoms with van der Waals surface area (Å²) < 4.78 is 27.0. The third-order valence-corrected chi connectivity index (χ3v) is 9.92. The summed E-state index contributed by atoms with van der Waals surface area (Å²) in [5.74, 6) is 0.849. The summed E-state index contributed by atoms with van der Waals surface area (Å²) in [6, 6.07) is 4.60. The van der Waals surface area contributed by atoms with Crippen LogP contribution < -0.4 is 5.56 Å². The number of piperazine rings is 1. The van der Waals surface area contributed by atoms with Crippen molar-refractivity contribution in [1.82, 2.24) is 29.4 Å². The van der Waals surface area contributed by atoms with Crippen LogP contribution in [0.4, 0.5) is 4.39 Å². The number of fused-ring (bicyclic) bond motifs is 2. The molecule has 1 atom stereocenters. The highest BCUT2D eigenvalue weighted by atomic mass is 19.1. The van der Waals surface area contributed by atoms with Gasteiger partial charge in [-0.05, 0) is 77.1 Å². The van der Waals surface area contributed by atoms with Crippen LogP contribution in [0.5, 0.6) is 0 Å². The first-order chi connectivity index (χ1) is 22.4. The van der Waals surface area contributed by atoms with Gasteiger partial charge in [-0.2, -0.15) is 0 Å². The first kappa shape index (κ1) is 32.3. The van der Waals surface area contributed by atoms with Gasteiger partial charge < -0.3 is 24.0 Å². The van der Waals surface area contributed by atoms with Crippen molar-refractivity contribution in [3.8, 4) is 0 Å². The van der Waals surface area contributed by atoms with Crippen LogP contribution in [0.25, 0.3) is 11.0 Å². The van der Waals surface area contributed by atoms with E-state index in [1.54, 1.807) is 11.0 Å². The van der Waals surface area contributed by atoms with E-state index in [9.17, 15) is 18.8 Å². The molecule has 6 rings (SSSR count). The van der Waals surface area contributed by atoms with E-state index in [-0.39, 0.29) is 29.3 Å². The van der Waals surface area contributed by atoms with E-state index in [0.717, 1.165) is 99.2 Å². The molecule has 1 aromatic carbocycles. The Hall–Kier alpha value is -3.64. The van der Waals surface area contributed by atoms with E-state index < -0.39 is 0 Å². The fourth-order valence-corrected chi connectivity index (χ4v) is 7.13. The Labute approximate surface area is 268 Å². The van der Waals surface area contributed by atoms with Crippen molar-refractivity contribution >= 4 is 23.3 Å². The van der Waals surface area contributed by atoms with E-state index >= 15 is 0 Å². The fraction of sp³-hybridized carbons (Fsp3) is 0.618. The summed E-state index contributed by atoms with van der Waals surface area (Å²) in [6.07, 6.45) is 8.01. The van der Waals surface area contributed by atoms with Crippen LogP contribution in [0, 0.1) is 12.7 Å². The first-order valence-corrected chi connectivity index (χ1v) is 16.9. The van der Waals surface area contributed by atoms with Crippen molar-refractivity contribution in [2.75, 3.05) is 52.4 Å². The quantitative estimate of drug-likeness (QED) is 0.217. The zero-order valence-corrected chi connectivity index (χ0v) is 26.8. The number of carbonyl (C=O) groups is 2. The minimum absolute atomic E-state index is 0.0551. The number of amides is 2. The molecular formula is C34H45FN6O5. The number of hydrogen-bond acceptors (Lipinski definition) is 8. The molecule has 2 fully saturated rings. The number of nitrogens with zero attached hydrogens (tertiary/aromatic N) is 6. The third kappa shape index (κ3) is 7.33. The molecule has 0 spiro atoms. The molecule has 0 saturated carbocycles. The van der Waals surface area contributed by atoms with E-state index in [0.29, 0.717) is 57.8 Å². The monoisotopic (exact) mass is 636 g/mol. The molecule has 2 aromatic heterocycles. The Kier molecular flexibility index (Phi) is 10.4. The van der Waals surface area contributed by atoms with Crippen LogP contribution >= 0.6 is 0 Å². The molecule has 1 unspecified atom stereocenters. The molecule has 2 saturated heterocycles. The summed E-state index contributed by atoms with van der Waals surface area (Å²) in [5, 5.41) is 5.15. The van der Waals surface area contributed by atoms with Gasteiger partial charge in [0.05, 0.1) is 5.69 Å². The molecule has 3 aromatic rings. The van der Waals surface area contributed by atoms with Crippen LogP contribution in [0.1, 0.15) is 86.2 Å². The average Bonchev–Trinajstić information content (AvgIpc) is 3.49. The Balaban J connectivity index is 0.951. The van der Waals surface area contributed by atoms with Crippen molar-refractivity contribution in [1.29, 1.82) is 0 Å². The molecule has 12 heteroatoms. The minimum Gasteiger partial charge on any atom is -0.370 e. The first-order valence-electron chi connectivity index (χ1n) is 16.9. The van der Waals surface area contributed by atoms with Gasteiger partial charge in [-0.1, -0.05) is 11.6 Å². The number of hydrogen-bond donors (Lipinski definition) is 0. The molecule has 5 heterocycles. The Bertz CT molecular complexity index is 1570. The topological polar surface area (TPSA) is 114 Å². The highest BCUT2D eigenvalue weighted by Crippen LogP contribution is 2.33. The number of unbranched alkanes of at least 4 members (excludes halogenated alkanes) is 2. The lowest BCUT2D eigenvalue weighted by molar-refractivity contribution is -0.135. The molecule has 0 radical (unpaired) electrons. The summed E-state index contributed by atoms with van der Waals surface area (Å²) in [7, 11) is 0. The number of carbonyl (C=O) groups excluding carboxylic acids is 2. The number of benzene rings is 1. The number of piperidine rings is 1. The molecule has 3 aliphatic heterocycles. The summed E-state index contributed by atoms with van der Waals surface area (Å²) >= 11 is 0. The largest absolute Gasteiger partial charge is 0.370 e. The van der Waals surface area contributed by atoms with Gasteiger partial charge in [0.15, 0.2) is 5.58 Å². The highest BCUT2D eigenvalue weighted by molar-refractivity contribution is 5.80. The molecule has 11 nitrogen and oxygen atoms in total.